The van der Waals surface area contributed by atoms with E-state index in [1.165, 1.54) is 13.0 Å². The second-order valence-electron chi connectivity index (χ2n) is 12.7. The van der Waals surface area contributed by atoms with Crippen molar-refractivity contribution < 1.29 is 93.7 Å². The van der Waals surface area contributed by atoms with Crippen LogP contribution in [0.1, 0.15) is 59.1 Å². The molecule has 0 aliphatic heterocycles. The van der Waals surface area contributed by atoms with Gasteiger partial charge in [-0.2, -0.15) is 74.6 Å². The Kier molecular flexibility index (Phi) is 13.0. The van der Waals surface area contributed by atoms with E-state index in [-0.39, 0.29) is 5.56 Å². The van der Waals surface area contributed by atoms with E-state index in [0.29, 0.717) is 5.57 Å². The highest BCUT2D eigenvalue weighted by atomic mass is 19.4. The fourth-order valence-corrected chi connectivity index (χ4v) is 3.67. The third-order valence-corrected chi connectivity index (χ3v) is 6.74. The van der Waals surface area contributed by atoms with E-state index in [9.17, 15) is 84.2 Å². The van der Waals surface area contributed by atoms with E-state index < -0.39 is 95.8 Å². The number of esters is 1. The summed E-state index contributed by atoms with van der Waals surface area (Å²) in [5.74, 6) is -57.7. The summed E-state index contributed by atoms with van der Waals surface area (Å²) in [5.41, 5.74) is 0.0633. The summed E-state index contributed by atoms with van der Waals surface area (Å²) in [4.78, 5) is 25.2. The number of nitrogens with one attached hydrogen (secondary N) is 1. The zero-order chi connectivity index (χ0) is 41.4. The average molecular weight is 792 g/mol. The molecule has 0 radical (unpaired) electrons. The Labute approximate surface area is 284 Å². The van der Waals surface area contributed by atoms with E-state index in [1.807, 2.05) is 0 Å². The average Bonchev–Trinajstić information content (AvgIpc) is 2.96. The lowest BCUT2D eigenvalue weighted by Gasteiger charge is -2.42. The smallest absolute Gasteiger partial charge is 0.458 e. The van der Waals surface area contributed by atoms with Gasteiger partial charge in [0.1, 0.15) is 12.2 Å². The third kappa shape index (κ3) is 9.07. The molecule has 0 saturated heterocycles. The molecule has 0 aliphatic rings. The van der Waals surface area contributed by atoms with Crippen molar-refractivity contribution in [2.45, 2.75) is 120 Å². The minimum atomic E-state index is -8.69. The monoisotopic (exact) mass is 791 g/mol. The van der Waals surface area contributed by atoms with Crippen molar-refractivity contribution in [1.29, 1.82) is 0 Å². The molecule has 1 N–H and O–H groups in total. The van der Waals surface area contributed by atoms with Gasteiger partial charge < -0.3 is 14.8 Å². The Morgan fingerprint density at radius 2 is 1.06 bits per heavy atom. The van der Waals surface area contributed by atoms with Gasteiger partial charge in [0, 0.05) is 6.42 Å². The van der Waals surface area contributed by atoms with Gasteiger partial charge in [-0.3, -0.25) is 0 Å². The highest BCUT2D eigenvalue weighted by molar-refractivity contribution is 5.87. The van der Waals surface area contributed by atoms with Gasteiger partial charge in [0.15, 0.2) is 5.54 Å². The predicted molar refractivity (Wildman–Crippen MR) is 146 cm³/mol. The van der Waals surface area contributed by atoms with Gasteiger partial charge >= 0.3 is 59.7 Å². The minimum Gasteiger partial charge on any atom is -0.458 e. The summed E-state index contributed by atoms with van der Waals surface area (Å²) in [7, 11) is 0. The van der Waals surface area contributed by atoms with Crippen LogP contribution in [0.2, 0.25) is 0 Å². The lowest BCUT2D eigenvalue weighted by Crippen LogP contribution is -2.74. The summed E-state index contributed by atoms with van der Waals surface area (Å²) in [6, 6.07) is 3.57. The number of amides is 1. The van der Waals surface area contributed by atoms with Gasteiger partial charge in [-0.25, -0.2) is 9.59 Å². The fraction of sp³-hybridized carbons (Fsp3) is 0.633. The molecule has 22 heteroatoms. The molecule has 1 aromatic rings. The molecule has 0 heterocycles. The first-order chi connectivity index (χ1) is 22.8. The van der Waals surface area contributed by atoms with Crippen LogP contribution in [0.5, 0.6) is 0 Å². The van der Waals surface area contributed by atoms with Gasteiger partial charge in [-0.05, 0) is 70.7 Å². The number of hydrogen-bond acceptors (Lipinski definition) is 4. The molecule has 0 fully saturated rings. The van der Waals surface area contributed by atoms with Crippen molar-refractivity contribution in [1.82, 2.24) is 5.32 Å². The molecule has 5 nitrogen and oxygen atoms in total. The van der Waals surface area contributed by atoms with E-state index in [4.69, 9.17) is 9.47 Å². The number of carbonyl (C=O) groups excluding carboxylic acids is 2. The SMILES string of the molecule is CC(C)=C=CC(C)(NC(=O)OCc1ccc(CCC(F)(F)C(F)(F)C(F)(F)C(F)(F)C(F)(F)C(F)(F)C(F)(F)C(F)(F)F)cc1)C(=O)OC(C)(C)C. The number of carbonyl (C=O) groups is 2. The van der Waals surface area contributed by atoms with Crippen LogP contribution in [-0.2, 0) is 27.3 Å². The van der Waals surface area contributed by atoms with Gasteiger partial charge in [0.25, 0.3) is 0 Å². The molecule has 0 aromatic heterocycles. The van der Waals surface area contributed by atoms with Crippen LogP contribution in [0.15, 0.2) is 41.6 Å². The Hall–Kier alpha value is -3.71. The molecule has 0 bridgehead atoms. The Balaban J connectivity index is 3.15. The number of ether oxygens (including phenoxy) is 2. The lowest BCUT2D eigenvalue weighted by molar-refractivity contribution is -0.461. The quantitative estimate of drug-likeness (QED) is 0.116. The molecular formula is C30H30F17NO4. The van der Waals surface area contributed by atoms with E-state index >= 15 is 0 Å². The Morgan fingerprint density at radius 3 is 1.46 bits per heavy atom. The molecular weight excluding hydrogens is 761 g/mol. The number of hydrogen-bond donors (Lipinski definition) is 1. The largest absolute Gasteiger partial charge is 0.460 e. The zero-order valence-electron chi connectivity index (χ0n) is 27.6. The second kappa shape index (κ2) is 14.6. The number of alkyl halides is 17. The van der Waals surface area contributed by atoms with E-state index in [1.54, 1.807) is 34.6 Å². The molecule has 1 rings (SSSR count). The summed E-state index contributed by atoms with van der Waals surface area (Å²) >= 11 is 0. The third-order valence-electron chi connectivity index (χ3n) is 6.74. The molecule has 1 atom stereocenters. The molecule has 0 saturated carbocycles. The van der Waals surface area contributed by atoms with Crippen molar-refractivity contribution in [3.63, 3.8) is 0 Å². The predicted octanol–water partition coefficient (Wildman–Crippen LogP) is 10.1. The second-order valence-corrected chi connectivity index (χ2v) is 12.7. The summed E-state index contributed by atoms with van der Waals surface area (Å²) in [5, 5.41) is 2.25. The number of halogens is 17. The summed E-state index contributed by atoms with van der Waals surface area (Å²) < 4.78 is 239. The fourth-order valence-electron chi connectivity index (χ4n) is 3.67. The van der Waals surface area contributed by atoms with Crippen LogP contribution < -0.4 is 5.32 Å². The van der Waals surface area contributed by atoms with Crippen LogP contribution >= 0.6 is 0 Å². The minimum absolute atomic E-state index is 0.0276. The van der Waals surface area contributed by atoms with Gasteiger partial charge in [0.05, 0.1) is 0 Å². The van der Waals surface area contributed by atoms with Crippen LogP contribution in [0.3, 0.4) is 0 Å². The van der Waals surface area contributed by atoms with Gasteiger partial charge in [-0.1, -0.05) is 24.3 Å². The first-order valence-corrected chi connectivity index (χ1v) is 14.2. The van der Waals surface area contributed by atoms with Crippen molar-refractivity contribution in [3.8, 4) is 0 Å². The zero-order valence-corrected chi connectivity index (χ0v) is 27.6. The molecule has 1 amide bonds. The van der Waals surface area contributed by atoms with Crippen molar-refractivity contribution in [3.05, 3.63) is 52.8 Å². The number of rotatable bonds is 14. The standard InChI is InChI=1S/C30H30F17NO4/c1-16(2)11-13-22(6,19(49)52-21(3,4)5)48-20(50)51-15-18-9-7-17(8-10-18)12-14-23(31,32)24(33,34)25(35,36)26(37,38)27(39,40)28(41,42)29(43,44)30(45,46)47/h7-10,13H,12,14-15H2,1-6H3,(H,48,50). The maximum Gasteiger partial charge on any atom is 0.460 e. The van der Waals surface area contributed by atoms with E-state index in [0.717, 1.165) is 24.3 Å². The Bertz CT molecular complexity index is 1500. The molecule has 1 unspecified atom stereocenters. The first-order valence-electron chi connectivity index (χ1n) is 14.2. The van der Waals surface area contributed by atoms with Gasteiger partial charge in [-0.15, -0.1) is 5.73 Å². The maximum absolute atomic E-state index is 14.3. The topological polar surface area (TPSA) is 64.6 Å². The van der Waals surface area contributed by atoms with Crippen LogP contribution in [0.25, 0.3) is 0 Å². The highest BCUT2D eigenvalue weighted by Crippen LogP contribution is 2.64. The number of aryl methyl sites for hydroxylation is 1. The maximum atomic E-state index is 14.3. The van der Waals surface area contributed by atoms with Crippen LogP contribution in [0.4, 0.5) is 79.4 Å². The van der Waals surface area contributed by atoms with E-state index in [2.05, 4.69) is 11.0 Å². The van der Waals surface area contributed by atoms with Crippen LogP contribution in [0, 0.1) is 0 Å². The molecule has 298 valence electrons. The van der Waals surface area contributed by atoms with Crippen molar-refractivity contribution in [2.24, 2.45) is 0 Å². The first kappa shape index (κ1) is 46.3. The molecule has 0 aliphatic carbocycles. The Morgan fingerprint density at radius 1 is 0.654 bits per heavy atom. The molecule has 52 heavy (non-hydrogen) atoms. The summed E-state index contributed by atoms with van der Waals surface area (Å²) in [6.45, 7) is 8.50. The highest BCUT2D eigenvalue weighted by Gasteiger charge is 2.95. The lowest BCUT2D eigenvalue weighted by atomic mass is 9.87. The molecule has 0 spiro atoms. The molecule has 1 aromatic carbocycles. The normalized spacial score (nSPS) is 15.3. The summed E-state index contributed by atoms with van der Waals surface area (Å²) in [6.07, 6.45) is -11.9. The van der Waals surface area contributed by atoms with Crippen LogP contribution in [-0.4, -0.2) is 70.8 Å². The van der Waals surface area contributed by atoms with Gasteiger partial charge in [0.2, 0.25) is 0 Å². The van der Waals surface area contributed by atoms with Crippen molar-refractivity contribution >= 4 is 12.1 Å². The number of benzene rings is 1. The number of alkyl carbamates (subject to hydrolysis) is 1. The van der Waals surface area contributed by atoms with Crippen molar-refractivity contribution in [2.75, 3.05) is 0 Å².